The van der Waals surface area contributed by atoms with E-state index in [1.165, 1.54) is 12.8 Å². The molecule has 0 bridgehead atoms. The molecule has 2 saturated heterocycles. The molecular formula is C20H29N3O3. The van der Waals surface area contributed by atoms with Gasteiger partial charge in [0.05, 0.1) is 13.5 Å². The number of methoxy groups -OCH3 is 1. The first-order valence-corrected chi connectivity index (χ1v) is 9.56. The number of para-hydroxylation sites is 1. The average Bonchev–Trinajstić information content (AvgIpc) is 2.72. The summed E-state index contributed by atoms with van der Waals surface area (Å²) in [6.45, 7) is 5.70. The third-order valence-corrected chi connectivity index (χ3v) is 5.47. The van der Waals surface area contributed by atoms with Crippen LogP contribution in [-0.2, 0) is 14.3 Å². The van der Waals surface area contributed by atoms with Crippen LogP contribution in [0.3, 0.4) is 0 Å². The Kier molecular flexibility index (Phi) is 6.50. The first-order valence-electron chi connectivity index (χ1n) is 9.56. The van der Waals surface area contributed by atoms with E-state index in [-0.39, 0.29) is 24.7 Å². The van der Waals surface area contributed by atoms with Crippen molar-refractivity contribution >= 4 is 17.6 Å². The van der Waals surface area contributed by atoms with E-state index < -0.39 is 0 Å². The Morgan fingerprint density at radius 2 is 1.77 bits per heavy atom. The van der Waals surface area contributed by atoms with Crippen molar-refractivity contribution in [3.05, 3.63) is 30.3 Å². The van der Waals surface area contributed by atoms with Crippen molar-refractivity contribution in [3.63, 3.8) is 0 Å². The maximum absolute atomic E-state index is 12.4. The zero-order valence-electron chi connectivity index (χ0n) is 15.6. The van der Waals surface area contributed by atoms with Crippen LogP contribution in [0.5, 0.6) is 0 Å². The van der Waals surface area contributed by atoms with Crippen molar-refractivity contribution in [1.29, 1.82) is 0 Å². The number of anilines is 1. The minimum Gasteiger partial charge on any atom is -0.469 e. The van der Waals surface area contributed by atoms with Gasteiger partial charge in [-0.2, -0.15) is 0 Å². The lowest BCUT2D eigenvalue weighted by molar-refractivity contribution is -0.144. The number of hydrogen-bond donors (Lipinski definition) is 0. The van der Waals surface area contributed by atoms with Crippen molar-refractivity contribution in [2.75, 3.05) is 51.3 Å². The molecule has 142 valence electrons. The van der Waals surface area contributed by atoms with Crippen LogP contribution < -0.4 is 4.90 Å². The summed E-state index contributed by atoms with van der Waals surface area (Å²) in [5, 5.41) is 0. The van der Waals surface area contributed by atoms with Crippen molar-refractivity contribution < 1.29 is 14.3 Å². The third-order valence-electron chi connectivity index (χ3n) is 5.47. The molecule has 1 atom stereocenters. The smallest absolute Gasteiger partial charge is 0.306 e. The minimum atomic E-state index is -0.316. The van der Waals surface area contributed by atoms with Gasteiger partial charge in [0.1, 0.15) is 0 Å². The summed E-state index contributed by atoms with van der Waals surface area (Å²) >= 11 is 0. The number of hydrogen-bond acceptors (Lipinski definition) is 5. The molecule has 0 aliphatic carbocycles. The van der Waals surface area contributed by atoms with Crippen LogP contribution >= 0.6 is 0 Å². The zero-order chi connectivity index (χ0) is 18.4. The van der Waals surface area contributed by atoms with Crippen LogP contribution in [-0.4, -0.2) is 74.1 Å². The highest BCUT2D eigenvalue weighted by atomic mass is 16.5. The molecular weight excluding hydrogens is 330 g/mol. The lowest BCUT2D eigenvalue weighted by Crippen LogP contribution is -2.55. The quantitative estimate of drug-likeness (QED) is 0.750. The molecule has 1 unspecified atom stereocenters. The number of likely N-dealkylation sites (tertiary alicyclic amines) is 1. The Balaban J connectivity index is 1.48. The number of rotatable bonds is 5. The summed E-state index contributed by atoms with van der Waals surface area (Å²) in [4.78, 5) is 30.5. The molecule has 0 saturated carbocycles. The normalized spacial score (nSPS) is 21.5. The second-order valence-electron chi connectivity index (χ2n) is 7.07. The minimum absolute atomic E-state index is 0.0722. The van der Waals surface area contributed by atoms with Gasteiger partial charge in [0.15, 0.2) is 0 Å². The average molecular weight is 359 g/mol. The monoisotopic (exact) mass is 359 g/mol. The Hall–Kier alpha value is -2.08. The fraction of sp³-hybridized carbons (Fsp3) is 0.600. The van der Waals surface area contributed by atoms with E-state index >= 15 is 0 Å². The second kappa shape index (κ2) is 9.03. The van der Waals surface area contributed by atoms with Gasteiger partial charge >= 0.3 is 5.97 Å². The highest BCUT2D eigenvalue weighted by Crippen LogP contribution is 2.21. The highest BCUT2D eigenvalue weighted by molar-refractivity contribution is 5.81. The summed E-state index contributed by atoms with van der Waals surface area (Å²) in [5.41, 5.74) is 1.29. The van der Waals surface area contributed by atoms with Crippen LogP contribution in [0.15, 0.2) is 30.3 Å². The Morgan fingerprint density at radius 3 is 2.46 bits per heavy atom. The fourth-order valence-electron chi connectivity index (χ4n) is 3.93. The highest BCUT2D eigenvalue weighted by Gasteiger charge is 2.30. The molecule has 1 amide bonds. The van der Waals surface area contributed by atoms with Gasteiger partial charge in [-0.15, -0.1) is 0 Å². The summed E-state index contributed by atoms with van der Waals surface area (Å²) in [6, 6.07) is 11.0. The number of esters is 1. The maximum Gasteiger partial charge on any atom is 0.306 e. The van der Waals surface area contributed by atoms with Crippen LogP contribution in [0.25, 0.3) is 0 Å². The van der Waals surface area contributed by atoms with Gasteiger partial charge < -0.3 is 14.5 Å². The molecule has 1 aromatic rings. The van der Waals surface area contributed by atoms with Crippen LogP contribution in [0.1, 0.15) is 25.7 Å². The lowest BCUT2D eigenvalue weighted by Gasteiger charge is -2.44. The van der Waals surface area contributed by atoms with Crippen LogP contribution in [0.2, 0.25) is 0 Å². The van der Waals surface area contributed by atoms with E-state index in [0.29, 0.717) is 6.04 Å². The molecule has 2 aliphatic heterocycles. The number of carbonyl (C=O) groups excluding carboxylic acids is 2. The molecule has 1 aromatic carbocycles. The van der Waals surface area contributed by atoms with E-state index in [4.69, 9.17) is 0 Å². The number of carbonyl (C=O) groups is 2. The molecule has 3 rings (SSSR count). The lowest BCUT2D eigenvalue weighted by atomic mass is 10.0. The van der Waals surface area contributed by atoms with Gasteiger partial charge in [0.25, 0.3) is 0 Å². The molecule has 0 aromatic heterocycles. The first-order chi connectivity index (χ1) is 12.7. The summed E-state index contributed by atoms with van der Waals surface area (Å²) in [5.74, 6) is -0.244. The van der Waals surface area contributed by atoms with Gasteiger partial charge in [-0.05, 0) is 25.0 Å². The van der Waals surface area contributed by atoms with Gasteiger partial charge in [0, 0.05) is 57.4 Å². The van der Waals surface area contributed by atoms with E-state index in [1.807, 2.05) is 11.0 Å². The summed E-state index contributed by atoms with van der Waals surface area (Å²) < 4.78 is 4.63. The molecule has 2 heterocycles. The van der Waals surface area contributed by atoms with E-state index in [1.54, 1.807) is 0 Å². The van der Waals surface area contributed by atoms with Crippen molar-refractivity contribution in [2.24, 2.45) is 0 Å². The zero-order valence-corrected chi connectivity index (χ0v) is 15.6. The summed E-state index contributed by atoms with van der Waals surface area (Å²) in [7, 11) is 1.36. The Labute approximate surface area is 155 Å². The number of piperazine rings is 1. The largest absolute Gasteiger partial charge is 0.469 e. The third kappa shape index (κ3) is 4.75. The Bertz CT molecular complexity index is 600. The molecule has 6 nitrogen and oxygen atoms in total. The first kappa shape index (κ1) is 18.7. The van der Waals surface area contributed by atoms with E-state index in [0.717, 1.165) is 52.1 Å². The van der Waals surface area contributed by atoms with Crippen LogP contribution in [0, 0.1) is 0 Å². The topological polar surface area (TPSA) is 53.1 Å². The van der Waals surface area contributed by atoms with Crippen molar-refractivity contribution in [1.82, 2.24) is 9.80 Å². The number of nitrogens with zero attached hydrogens (tertiary/aromatic N) is 3. The number of piperidine rings is 1. The predicted octanol–water partition coefficient (Wildman–Crippen LogP) is 1.75. The molecule has 0 radical (unpaired) electrons. The maximum atomic E-state index is 12.4. The van der Waals surface area contributed by atoms with Crippen molar-refractivity contribution in [2.45, 2.75) is 31.7 Å². The summed E-state index contributed by atoms with van der Waals surface area (Å²) in [6.07, 6.45) is 2.60. The number of amides is 1. The molecule has 0 N–H and O–H groups in total. The molecule has 2 aliphatic rings. The van der Waals surface area contributed by atoms with Gasteiger partial charge in [-0.3, -0.25) is 14.5 Å². The van der Waals surface area contributed by atoms with Crippen molar-refractivity contribution in [3.8, 4) is 0 Å². The molecule has 26 heavy (non-hydrogen) atoms. The number of ether oxygens (including phenoxy) is 1. The molecule has 6 heteroatoms. The van der Waals surface area contributed by atoms with Gasteiger partial charge in [-0.1, -0.05) is 18.2 Å². The fourth-order valence-corrected chi connectivity index (χ4v) is 3.93. The van der Waals surface area contributed by atoms with Gasteiger partial charge in [0.2, 0.25) is 5.91 Å². The molecule has 0 spiro atoms. The van der Waals surface area contributed by atoms with Crippen LogP contribution in [0.4, 0.5) is 5.69 Å². The molecule has 2 fully saturated rings. The Morgan fingerprint density at radius 1 is 1.04 bits per heavy atom. The van der Waals surface area contributed by atoms with E-state index in [9.17, 15) is 9.59 Å². The standard InChI is InChI=1S/C20H29N3O3/c1-26-20(25)10-9-19(24)23-11-5-8-18(16-23)22-14-12-21(13-15-22)17-6-3-2-4-7-17/h2-4,6-7,18H,5,8-16H2,1H3. The number of benzene rings is 1. The van der Waals surface area contributed by atoms with Gasteiger partial charge in [-0.25, -0.2) is 0 Å². The predicted molar refractivity (Wildman–Crippen MR) is 101 cm³/mol. The second-order valence-corrected chi connectivity index (χ2v) is 7.07. The van der Waals surface area contributed by atoms with E-state index in [2.05, 4.69) is 38.8 Å². The SMILES string of the molecule is COC(=O)CCC(=O)N1CCCC(N2CCN(c3ccccc3)CC2)C1.